The summed E-state index contributed by atoms with van der Waals surface area (Å²) in [5, 5.41) is 2.92. The molecule has 3 N–H and O–H groups in total. The maximum Gasteiger partial charge on any atom is 0.270 e. The Balaban J connectivity index is 1.67. The predicted octanol–water partition coefficient (Wildman–Crippen LogP) is 1.37. The van der Waals surface area contributed by atoms with E-state index in [2.05, 4.69) is 15.3 Å². The molecule has 0 atom stereocenters. The lowest BCUT2D eigenvalue weighted by Crippen LogP contribution is -2.50. The van der Waals surface area contributed by atoms with Crippen LogP contribution in [-0.4, -0.2) is 35.1 Å². The number of nitrogens with two attached hydrogens (primary N) is 1. The molecule has 0 radical (unpaired) electrons. The minimum absolute atomic E-state index is 0.161. The number of ether oxygens (including phenoxy) is 1. The van der Waals surface area contributed by atoms with Crippen LogP contribution in [0.2, 0.25) is 0 Å². The summed E-state index contributed by atoms with van der Waals surface area (Å²) in [6.07, 6.45) is 4.96. The number of amides is 1. The van der Waals surface area contributed by atoms with Crippen molar-refractivity contribution in [3.8, 4) is 17.0 Å². The summed E-state index contributed by atoms with van der Waals surface area (Å²) in [5.74, 6) is 0.539. The van der Waals surface area contributed by atoms with E-state index in [1.165, 1.54) is 0 Å². The Morgan fingerprint density at radius 2 is 2.05 bits per heavy atom. The summed E-state index contributed by atoms with van der Waals surface area (Å²) >= 11 is 0. The molecule has 0 aliphatic heterocycles. The van der Waals surface area contributed by atoms with E-state index < -0.39 is 0 Å². The van der Waals surface area contributed by atoms with Gasteiger partial charge in [0.15, 0.2) is 0 Å². The molecule has 1 aliphatic rings. The molecule has 6 heteroatoms. The molecule has 0 spiro atoms. The monoisotopic (exact) mass is 298 g/mol. The van der Waals surface area contributed by atoms with Crippen molar-refractivity contribution in [3.63, 3.8) is 0 Å². The standard InChI is InChI=1S/C16H18N4O2/c1-22-13-3-5-14(19-9-13)10-2-4-15(18-8-10)16(21)20-12-6-11(17)7-12/h2-5,8-9,11-12H,6-7,17H2,1H3,(H,20,21). The van der Waals surface area contributed by atoms with E-state index in [0.717, 1.165) is 24.1 Å². The van der Waals surface area contributed by atoms with Gasteiger partial charge in [-0.25, -0.2) is 0 Å². The van der Waals surface area contributed by atoms with Crippen molar-refractivity contribution in [2.45, 2.75) is 24.9 Å². The average molecular weight is 298 g/mol. The first-order valence-electron chi connectivity index (χ1n) is 7.18. The SMILES string of the molecule is COc1ccc(-c2ccc(C(=O)NC3CC(N)C3)nc2)nc1. The predicted molar refractivity (Wildman–Crippen MR) is 82.5 cm³/mol. The van der Waals surface area contributed by atoms with Gasteiger partial charge in [-0.2, -0.15) is 0 Å². The summed E-state index contributed by atoms with van der Waals surface area (Å²) < 4.78 is 5.08. The highest BCUT2D eigenvalue weighted by atomic mass is 16.5. The quantitative estimate of drug-likeness (QED) is 0.889. The number of nitrogens with one attached hydrogen (secondary N) is 1. The van der Waals surface area contributed by atoms with Crippen LogP contribution in [0.25, 0.3) is 11.3 Å². The molecule has 22 heavy (non-hydrogen) atoms. The highest BCUT2D eigenvalue weighted by Crippen LogP contribution is 2.20. The van der Waals surface area contributed by atoms with Gasteiger partial charge in [-0.3, -0.25) is 14.8 Å². The molecule has 2 aromatic rings. The topological polar surface area (TPSA) is 90.1 Å². The molecular weight excluding hydrogens is 280 g/mol. The van der Waals surface area contributed by atoms with Gasteiger partial charge in [0.1, 0.15) is 11.4 Å². The summed E-state index contributed by atoms with van der Waals surface area (Å²) in [5.41, 5.74) is 7.74. The first-order chi connectivity index (χ1) is 10.7. The molecule has 0 bridgehead atoms. The summed E-state index contributed by atoms with van der Waals surface area (Å²) in [4.78, 5) is 20.5. The number of nitrogens with zero attached hydrogens (tertiary/aromatic N) is 2. The van der Waals surface area contributed by atoms with Gasteiger partial charge in [-0.1, -0.05) is 0 Å². The molecule has 2 aromatic heterocycles. The number of pyridine rings is 2. The molecule has 1 fully saturated rings. The largest absolute Gasteiger partial charge is 0.495 e. The second-order valence-corrected chi connectivity index (χ2v) is 5.42. The Labute approximate surface area is 128 Å². The Kier molecular flexibility index (Phi) is 4.02. The average Bonchev–Trinajstić information content (AvgIpc) is 2.53. The fourth-order valence-electron chi connectivity index (χ4n) is 2.39. The highest BCUT2D eigenvalue weighted by molar-refractivity contribution is 5.92. The van der Waals surface area contributed by atoms with Crippen LogP contribution in [0, 0.1) is 0 Å². The number of methoxy groups -OCH3 is 1. The molecule has 1 aliphatic carbocycles. The minimum Gasteiger partial charge on any atom is -0.495 e. The lowest BCUT2D eigenvalue weighted by molar-refractivity contribution is 0.0905. The molecule has 1 amide bonds. The Morgan fingerprint density at radius 3 is 2.59 bits per heavy atom. The van der Waals surface area contributed by atoms with Crippen LogP contribution in [-0.2, 0) is 0 Å². The van der Waals surface area contributed by atoms with Gasteiger partial charge in [0, 0.05) is 23.8 Å². The first kappa shape index (κ1) is 14.5. The van der Waals surface area contributed by atoms with Crippen LogP contribution < -0.4 is 15.8 Å². The fourth-order valence-corrected chi connectivity index (χ4v) is 2.39. The van der Waals surface area contributed by atoms with Crippen molar-refractivity contribution in [3.05, 3.63) is 42.4 Å². The molecule has 3 rings (SSSR count). The van der Waals surface area contributed by atoms with Gasteiger partial charge in [0.05, 0.1) is 19.0 Å². The van der Waals surface area contributed by atoms with E-state index in [0.29, 0.717) is 11.4 Å². The van der Waals surface area contributed by atoms with Crippen LogP contribution in [0.3, 0.4) is 0 Å². The summed E-state index contributed by atoms with van der Waals surface area (Å²) in [6.45, 7) is 0. The zero-order valence-electron chi connectivity index (χ0n) is 12.3. The van der Waals surface area contributed by atoms with Crippen molar-refractivity contribution in [1.29, 1.82) is 0 Å². The Hall–Kier alpha value is -2.47. The molecule has 0 unspecified atom stereocenters. The number of hydrogen-bond donors (Lipinski definition) is 2. The molecule has 6 nitrogen and oxygen atoms in total. The molecule has 0 aromatic carbocycles. The van der Waals surface area contributed by atoms with Crippen LogP contribution in [0.15, 0.2) is 36.7 Å². The van der Waals surface area contributed by atoms with E-state index in [9.17, 15) is 4.79 Å². The maximum absolute atomic E-state index is 12.0. The van der Waals surface area contributed by atoms with E-state index in [-0.39, 0.29) is 18.0 Å². The number of carbonyl (C=O) groups excluding carboxylic acids is 1. The van der Waals surface area contributed by atoms with Crippen molar-refractivity contribution < 1.29 is 9.53 Å². The van der Waals surface area contributed by atoms with Crippen molar-refractivity contribution in [2.24, 2.45) is 5.73 Å². The highest BCUT2D eigenvalue weighted by Gasteiger charge is 2.27. The van der Waals surface area contributed by atoms with Crippen LogP contribution in [0.1, 0.15) is 23.3 Å². The number of hydrogen-bond acceptors (Lipinski definition) is 5. The summed E-state index contributed by atoms with van der Waals surface area (Å²) in [6, 6.07) is 7.61. The molecule has 2 heterocycles. The van der Waals surface area contributed by atoms with E-state index in [1.54, 1.807) is 25.6 Å². The smallest absolute Gasteiger partial charge is 0.270 e. The minimum atomic E-state index is -0.161. The van der Waals surface area contributed by atoms with Gasteiger partial charge in [0.2, 0.25) is 0 Å². The second kappa shape index (κ2) is 6.11. The third-order valence-corrected chi connectivity index (χ3v) is 3.77. The molecule has 114 valence electrons. The van der Waals surface area contributed by atoms with E-state index in [1.807, 2.05) is 18.2 Å². The fraction of sp³-hybridized carbons (Fsp3) is 0.312. The molecular formula is C16H18N4O2. The first-order valence-corrected chi connectivity index (χ1v) is 7.18. The number of carbonyl (C=O) groups is 1. The normalized spacial score (nSPS) is 20.1. The van der Waals surface area contributed by atoms with Crippen molar-refractivity contribution in [2.75, 3.05) is 7.11 Å². The van der Waals surface area contributed by atoms with E-state index >= 15 is 0 Å². The van der Waals surface area contributed by atoms with E-state index in [4.69, 9.17) is 10.5 Å². The van der Waals surface area contributed by atoms with Crippen molar-refractivity contribution in [1.82, 2.24) is 15.3 Å². The lowest BCUT2D eigenvalue weighted by Gasteiger charge is -2.32. The third-order valence-electron chi connectivity index (χ3n) is 3.77. The van der Waals surface area contributed by atoms with Crippen molar-refractivity contribution >= 4 is 5.91 Å². The number of aromatic nitrogens is 2. The lowest BCUT2D eigenvalue weighted by atomic mass is 9.87. The zero-order chi connectivity index (χ0) is 15.5. The maximum atomic E-state index is 12.0. The second-order valence-electron chi connectivity index (χ2n) is 5.42. The Bertz CT molecular complexity index is 649. The van der Waals surface area contributed by atoms with Gasteiger partial charge in [-0.15, -0.1) is 0 Å². The van der Waals surface area contributed by atoms with Crippen LogP contribution in [0.5, 0.6) is 5.75 Å². The van der Waals surface area contributed by atoms with Crippen LogP contribution in [0.4, 0.5) is 0 Å². The molecule has 0 saturated heterocycles. The summed E-state index contributed by atoms with van der Waals surface area (Å²) in [7, 11) is 1.60. The number of rotatable bonds is 4. The van der Waals surface area contributed by atoms with Gasteiger partial charge in [0.25, 0.3) is 5.91 Å². The third kappa shape index (κ3) is 3.07. The Morgan fingerprint density at radius 1 is 1.23 bits per heavy atom. The van der Waals surface area contributed by atoms with Crippen LogP contribution >= 0.6 is 0 Å². The van der Waals surface area contributed by atoms with Gasteiger partial charge < -0.3 is 15.8 Å². The molecule has 1 saturated carbocycles. The van der Waals surface area contributed by atoms with Gasteiger partial charge in [-0.05, 0) is 37.1 Å². The zero-order valence-corrected chi connectivity index (χ0v) is 12.3. The van der Waals surface area contributed by atoms with Gasteiger partial charge >= 0.3 is 0 Å².